The van der Waals surface area contributed by atoms with Crippen molar-refractivity contribution in [2.45, 2.75) is 32.4 Å². The molecule has 0 saturated carbocycles. The van der Waals surface area contributed by atoms with Crippen LogP contribution in [0.1, 0.15) is 35.6 Å². The summed E-state index contributed by atoms with van der Waals surface area (Å²) in [6.07, 6.45) is 2.58. The van der Waals surface area contributed by atoms with Crippen LogP contribution in [0.15, 0.2) is 48.5 Å². The Morgan fingerprint density at radius 1 is 1.08 bits per heavy atom. The second-order valence-corrected chi connectivity index (χ2v) is 7.11. The minimum absolute atomic E-state index is 0.0233. The van der Waals surface area contributed by atoms with Gasteiger partial charge in [0.1, 0.15) is 0 Å². The molecule has 1 N–H and O–H groups in total. The van der Waals surface area contributed by atoms with Crippen molar-refractivity contribution in [3.05, 3.63) is 65.2 Å². The van der Waals surface area contributed by atoms with Gasteiger partial charge >= 0.3 is 6.03 Å². The summed E-state index contributed by atoms with van der Waals surface area (Å²) >= 11 is 0. The second kappa shape index (κ2) is 6.79. The van der Waals surface area contributed by atoms with Crippen LogP contribution in [-0.2, 0) is 6.54 Å². The maximum Gasteiger partial charge on any atom is 0.318 e. The van der Waals surface area contributed by atoms with Gasteiger partial charge in [-0.3, -0.25) is 0 Å². The standard InChI is InChI=1S/C21H25N3O/c1-16-13-17(9-10-20(16)23-11-5-6-12-23)14-24-15-19(22-21(24)25)18-7-3-2-4-8-18/h2-4,7-10,13,19H,5-6,11-12,14-15H2,1H3,(H,22,25)/t19-/m1/s1. The second-order valence-electron chi connectivity index (χ2n) is 7.11. The normalized spacial score (nSPS) is 20.2. The summed E-state index contributed by atoms with van der Waals surface area (Å²) in [5.74, 6) is 0. The highest BCUT2D eigenvalue weighted by Gasteiger charge is 2.29. The molecule has 0 aliphatic carbocycles. The molecule has 2 aliphatic heterocycles. The van der Waals surface area contributed by atoms with Crippen LogP contribution in [0, 0.1) is 6.92 Å². The Morgan fingerprint density at radius 2 is 1.84 bits per heavy atom. The molecule has 2 saturated heterocycles. The summed E-state index contributed by atoms with van der Waals surface area (Å²) in [7, 11) is 0. The molecule has 130 valence electrons. The van der Waals surface area contributed by atoms with Crippen LogP contribution in [0.5, 0.6) is 0 Å². The number of amides is 2. The lowest BCUT2D eigenvalue weighted by molar-refractivity contribution is 0.215. The molecule has 2 aromatic carbocycles. The van der Waals surface area contributed by atoms with Gasteiger partial charge < -0.3 is 15.1 Å². The van der Waals surface area contributed by atoms with Gasteiger partial charge in [0.25, 0.3) is 0 Å². The minimum Gasteiger partial charge on any atom is -0.371 e. The van der Waals surface area contributed by atoms with E-state index in [4.69, 9.17) is 0 Å². The molecule has 0 aromatic heterocycles. The van der Waals surface area contributed by atoms with Crippen molar-refractivity contribution in [1.29, 1.82) is 0 Å². The molecule has 4 rings (SSSR count). The fourth-order valence-corrected chi connectivity index (χ4v) is 3.95. The molecule has 0 unspecified atom stereocenters. The topological polar surface area (TPSA) is 35.6 Å². The molecule has 2 fully saturated rings. The average molecular weight is 335 g/mol. The quantitative estimate of drug-likeness (QED) is 0.921. The van der Waals surface area contributed by atoms with Crippen molar-refractivity contribution in [3.63, 3.8) is 0 Å². The third-order valence-corrected chi connectivity index (χ3v) is 5.27. The van der Waals surface area contributed by atoms with Gasteiger partial charge in [0.2, 0.25) is 0 Å². The number of nitrogens with zero attached hydrogens (tertiary/aromatic N) is 2. The van der Waals surface area contributed by atoms with Gasteiger partial charge in [0, 0.05) is 31.9 Å². The Balaban J connectivity index is 1.45. The maximum atomic E-state index is 12.3. The number of carbonyl (C=O) groups excluding carboxylic acids is 1. The first-order valence-electron chi connectivity index (χ1n) is 9.15. The summed E-state index contributed by atoms with van der Waals surface area (Å²) in [6.45, 7) is 5.88. The molecule has 4 nitrogen and oxygen atoms in total. The summed E-state index contributed by atoms with van der Waals surface area (Å²) < 4.78 is 0. The van der Waals surface area contributed by atoms with Crippen LogP contribution in [0.25, 0.3) is 0 Å². The molecule has 1 atom stereocenters. The van der Waals surface area contributed by atoms with E-state index in [-0.39, 0.29) is 12.1 Å². The molecule has 2 aromatic rings. The minimum atomic E-state index is 0.0233. The van der Waals surface area contributed by atoms with Crippen molar-refractivity contribution >= 4 is 11.7 Å². The van der Waals surface area contributed by atoms with Crippen molar-refractivity contribution in [1.82, 2.24) is 10.2 Å². The Kier molecular flexibility index (Phi) is 4.35. The number of carbonyl (C=O) groups is 1. The summed E-state index contributed by atoms with van der Waals surface area (Å²) in [5.41, 5.74) is 5.01. The van der Waals surface area contributed by atoms with Gasteiger partial charge in [-0.1, -0.05) is 42.5 Å². The predicted octanol–water partition coefficient (Wildman–Crippen LogP) is 3.86. The SMILES string of the molecule is Cc1cc(CN2C[C@H](c3ccccc3)NC2=O)ccc1N1CCCC1. The zero-order valence-electron chi connectivity index (χ0n) is 14.7. The third-order valence-electron chi connectivity index (χ3n) is 5.27. The number of nitrogens with one attached hydrogen (secondary N) is 1. The predicted molar refractivity (Wildman–Crippen MR) is 101 cm³/mol. The van der Waals surface area contributed by atoms with Gasteiger partial charge in [0.15, 0.2) is 0 Å². The van der Waals surface area contributed by atoms with Crippen LogP contribution in [0.3, 0.4) is 0 Å². The lowest BCUT2D eigenvalue weighted by Gasteiger charge is -2.21. The monoisotopic (exact) mass is 335 g/mol. The molecule has 0 bridgehead atoms. The van der Waals surface area contributed by atoms with E-state index in [2.05, 4.69) is 47.5 Å². The van der Waals surface area contributed by atoms with Gasteiger partial charge in [0.05, 0.1) is 6.04 Å². The summed E-state index contributed by atoms with van der Waals surface area (Å²) in [4.78, 5) is 16.7. The van der Waals surface area contributed by atoms with E-state index in [0.29, 0.717) is 6.54 Å². The lowest BCUT2D eigenvalue weighted by atomic mass is 10.1. The average Bonchev–Trinajstić information content (AvgIpc) is 3.27. The highest BCUT2D eigenvalue weighted by molar-refractivity contribution is 5.77. The molecular formula is C21H25N3O. The molecule has 2 heterocycles. The van der Waals surface area contributed by atoms with Crippen LogP contribution in [0.4, 0.5) is 10.5 Å². The molecule has 2 amide bonds. The van der Waals surface area contributed by atoms with Crippen molar-refractivity contribution in [2.75, 3.05) is 24.5 Å². The molecular weight excluding hydrogens is 310 g/mol. The number of urea groups is 1. The van der Waals surface area contributed by atoms with Crippen LogP contribution < -0.4 is 10.2 Å². The van der Waals surface area contributed by atoms with E-state index in [1.165, 1.54) is 35.2 Å². The first-order valence-corrected chi connectivity index (χ1v) is 9.15. The highest BCUT2D eigenvalue weighted by Crippen LogP contribution is 2.27. The number of hydrogen-bond acceptors (Lipinski definition) is 2. The number of anilines is 1. The lowest BCUT2D eigenvalue weighted by Crippen LogP contribution is -2.27. The molecule has 0 radical (unpaired) electrons. The number of benzene rings is 2. The van der Waals surface area contributed by atoms with Gasteiger partial charge in [-0.05, 0) is 42.5 Å². The van der Waals surface area contributed by atoms with E-state index in [0.717, 1.165) is 19.6 Å². The summed E-state index contributed by atoms with van der Waals surface area (Å²) in [6, 6.07) is 16.9. The van der Waals surface area contributed by atoms with Gasteiger partial charge in [-0.25, -0.2) is 4.79 Å². The Morgan fingerprint density at radius 3 is 2.56 bits per heavy atom. The number of rotatable bonds is 4. The first kappa shape index (κ1) is 16.0. The van der Waals surface area contributed by atoms with Crippen LogP contribution >= 0.6 is 0 Å². The first-order chi connectivity index (χ1) is 12.2. The fraction of sp³-hybridized carbons (Fsp3) is 0.381. The Hall–Kier alpha value is -2.49. The maximum absolute atomic E-state index is 12.3. The number of aryl methyl sites for hydroxylation is 1. The largest absolute Gasteiger partial charge is 0.371 e. The van der Waals surface area contributed by atoms with Crippen molar-refractivity contribution in [3.8, 4) is 0 Å². The molecule has 25 heavy (non-hydrogen) atoms. The van der Waals surface area contributed by atoms with Gasteiger partial charge in [-0.2, -0.15) is 0 Å². The fourth-order valence-electron chi connectivity index (χ4n) is 3.95. The summed E-state index contributed by atoms with van der Waals surface area (Å²) in [5, 5.41) is 3.09. The van der Waals surface area contributed by atoms with E-state index >= 15 is 0 Å². The smallest absolute Gasteiger partial charge is 0.318 e. The molecule has 4 heteroatoms. The van der Waals surface area contributed by atoms with E-state index in [1.807, 2.05) is 23.1 Å². The third kappa shape index (κ3) is 3.34. The molecule has 2 aliphatic rings. The van der Waals surface area contributed by atoms with Crippen molar-refractivity contribution < 1.29 is 4.79 Å². The van der Waals surface area contributed by atoms with Crippen LogP contribution in [0.2, 0.25) is 0 Å². The zero-order chi connectivity index (χ0) is 17.2. The van der Waals surface area contributed by atoms with Crippen LogP contribution in [-0.4, -0.2) is 30.6 Å². The van der Waals surface area contributed by atoms with Gasteiger partial charge in [-0.15, -0.1) is 0 Å². The molecule has 0 spiro atoms. The number of hydrogen-bond donors (Lipinski definition) is 1. The highest BCUT2D eigenvalue weighted by atomic mass is 16.2. The zero-order valence-corrected chi connectivity index (χ0v) is 14.7. The van der Waals surface area contributed by atoms with E-state index in [1.54, 1.807) is 0 Å². The Labute approximate surface area is 149 Å². The van der Waals surface area contributed by atoms with E-state index in [9.17, 15) is 4.79 Å². The van der Waals surface area contributed by atoms with Crippen molar-refractivity contribution in [2.24, 2.45) is 0 Å². The van der Waals surface area contributed by atoms with E-state index < -0.39 is 0 Å². The Bertz CT molecular complexity index is 753.